The zero-order valence-corrected chi connectivity index (χ0v) is 12.9. The van der Waals surface area contributed by atoms with Gasteiger partial charge in [-0.3, -0.25) is 0 Å². The van der Waals surface area contributed by atoms with Gasteiger partial charge in [-0.2, -0.15) is 0 Å². The summed E-state index contributed by atoms with van der Waals surface area (Å²) in [6, 6.07) is 7.39. The molecule has 0 aliphatic carbocycles. The van der Waals surface area contributed by atoms with Crippen molar-refractivity contribution in [3.8, 4) is 0 Å². The molecular weight excluding hydrogens is 274 g/mol. The van der Waals surface area contributed by atoms with Gasteiger partial charge in [-0.25, -0.2) is 8.42 Å². The number of sulfone groups is 1. The molecule has 0 spiro atoms. The first-order valence-corrected chi connectivity index (χ1v) is 9.06. The van der Waals surface area contributed by atoms with Gasteiger partial charge in [0.1, 0.15) is 0 Å². The van der Waals surface area contributed by atoms with Crippen LogP contribution in [-0.2, 0) is 14.6 Å². The Morgan fingerprint density at radius 3 is 2.90 bits per heavy atom. The summed E-state index contributed by atoms with van der Waals surface area (Å²) in [7, 11) is -3.15. The monoisotopic (exact) mass is 297 g/mol. The van der Waals surface area contributed by atoms with Crippen LogP contribution >= 0.6 is 0 Å². The molecule has 1 aromatic rings. The maximum Gasteiger partial charge on any atom is 0.175 e. The predicted molar refractivity (Wildman–Crippen MR) is 80.8 cm³/mol. The third kappa shape index (κ3) is 4.21. The van der Waals surface area contributed by atoms with E-state index in [1.165, 1.54) is 6.26 Å². The normalized spacial score (nSPS) is 23.5. The molecule has 0 amide bonds. The fraction of sp³-hybridized carbons (Fsp3) is 0.600. The molecule has 0 bridgehead atoms. The second-order valence-corrected chi connectivity index (χ2v) is 7.46. The Hall–Kier alpha value is -1.07. The first-order chi connectivity index (χ1) is 9.49. The van der Waals surface area contributed by atoms with Gasteiger partial charge in [0.2, 0.25) is 0 Å². The Kier molecular flexibility index (Phi) is 5.05. The highest BCUT2D eigenvalue weighted by Crippen LogP contribution is 2.23. The van der Waals surface area contributed by atoms with Crippen molar-refractivity contribution in [2.75, 3.05) is 18.2 Å². The summed E-state index contributed by atoms with van der Waals surface area (Å²) in [5.41, 5.74) is 0.870. The molecule has 4 nitrogen and oxygen atoms in total. The molecule has 1 saturated heterocycles. The van der Waals surface area contributed by atoms with Gasteiger partial charge in [-0.1, -0.05) is 19.4 Å². The van der Waals surface area contributed by atoms with Crippen LogP contribution in [0.25, 0.3) is 0 Å². The molecule has 2 atom stereocenters. The second kappa shape index (κ2) is 6.59. The van der Waals surface area contributed by atoms with Crippen molar-refractivity contribution in [1.29, 1.82) is 0 Å². The largest absolute Gasteiger partial charge is 0.382 e. The first-order valence-electron chi connectivity index (χ1n) is 7.17. The van der Waals surface area contributed by atoms with Gasteiger partial charge in [-0.15, -0.1) is 0 Å². The Morgan fingerprint density at radius 1 is 1.40 bits per heavy atom. The van der Waals surface area contributed by atoms with E-state index in [1.54, 1.807) is 18.2 Å². The van der Waals surface area contributed by atoms with Gasteiger partial charge in [0.25, 0.3) is 0 Å². The number of nitrogens with one attached hydrogen (secondary N) is 1. The van der Waals surface area contributed by atoms with Crippen molar-refractivity contribution >= 4 is 15.5 Å². The molecule has 0 aromatic heterocycles. The lowest BCUT2D eigenvalue weighted by atomic mass is 10.00. The minimum atomic E-state index is -3.15. The van der Waals surface area contributed by atoms with E-state index in [4.69, 9.17) is 4.74 Å². The van der Waals surface area contributed by atoms with E-state index in [2.05, 4.69) is 12.2 Å². The number of ether oxygens (including phenoxy) is 1. The third-order valence-electron chi connectivity index (χ3n) is 3.61. The first kappa shape index (κ1) is 15.3. The average Bonchev–Trinajstić information content (AvgIpc) is 2.39. The van der Waals surface area contributed by atoms with Crippen molar-refractivity contribution in [2.24, 2.45) is 0 Å². The quantitative estimate of drug-likeness (QED) is 0.908. The zero-order valence-electron chi connectivity index (χ0n) is 12.1. The van der Waals surface area contributed by atoms with Crippen molar-refractivity contribution < 1.29 is 13.2 Å². The molecule has 0 radical (unpaired) electrons. The summed E-state index contributed by atoms with van der Waals surface area (Å²) in [5, 5.41) is 3.44. The fourth-order valence-electron chi connectivity index (χ4n) is 2.59. The molecule has 5 heteroatoms. The SMILES string of the molecule is CCCC1CC(Nc2cccc(S(C)(=O)=O)c2)CCO1. The van der Waals surface area contributed by atoms with Gasteiger partial charge in [-0.05, 0) is 37.5 Å². The lowest BCUT2D eigenvalue weighted by Gasteiger charge is -2.30. The molecule has 2 unspecified atom stereocenters. The standard InChI is InChI=1S/C15H23NO3S/c1-3-5-14-10-13(8-9-19-14)16-12-6-4-7-15(11-12)20(2,17)18/h4,6-7,11,13-14,16H,3,5,8-10H2,1-2H3. The van der Waals surface area contributed by atoms with E-state index >= 15 is 0 Å². The van der Waals surface area contributed by atoms with Crippen LogP contribution in [0.2, 0.25) is 0 Å². The van der Waals surface area contributed by atoms with Crippen LogP contribution in [0, 0.1) is 0 Å². The molecule has 1 fully saturated rings. The van der Waals surface area contributed by atoms with Crippen LogP contribution in [0.15, 0.2) is 29.2 Å². The second-order valence-electron chi connectivity index (χ2n) is 5.45. The maximum absolute atomic E-state index is 11.6. The summed E-state index contributed by atoms with van der Waals surface area (Å²) >= 11 is 0. The van der Waals surface area contributed by atoms with E-state index in [9.17, 15) is 8.42 Å². The fourth-order valence-corrected chi connectivity index (χ4v) is 3.25. The molecule has 112 valence electrons. The Labute approximate surface area is 121 Å². The number of rotatable bonds is 5. The summed E-state index contributed by atoms with van der Waals surface area (Å²) < 4.78 is 28.9. The summed E-state index contributed by atoms with van der Waals surface area (Å²) in [6.07, 6.45) is 5.71. The van der Waals surface area contributed by atoms with Crippen LogP contribution < -0.4 is 5.32 Å². The predicted octanol–water partition coefficient (Wildman–Crippen LogP) is 2.85. The molecule has 2 rings (SSSR count). The number of hydrogen-bond acceptors (Lipinski definition) is 4. The highest BCUT2D eigenvalue weighted by Gasteiger charge is 2.22. The summed E-state index contributed by atoms with van der Waals surface area (Å²) in [5.74, 6) is 0. The van der Waals surface area contributed by atoms with Crippen LogP contribution in [0.5, 0.6) is 0 Å². The Morgan fingerprint density at radius 2 is 2.20 bits per heavy atom. The van der Waals surface area contributed by atoms with E-state index < -0.39 is 9.84 Å². The lowest BCUT2D eigenvalue weighted by Crippen LogP contribution is -2.34. The van der Waals surface area contributed by atoms with Crippen LogP contribution in [0.3, 0.4) is 0 Å². The van der Waals surface area contributed by atoms with Gasteiger partial charge in [0.05, 0.1) is 11.0 Å². The minimum absolute atomic E-state index is 0.323. The zero-order chi connectivity index (χ0) is 14.6. The smallest absolute Gasteiger partial charge is 0.175 e. The van der Waals surface area contributed by atoms with Gasteiger partial charge >= 0.3 is 0 Å². The van der Waals surface area contributed by atoms with E-state index in [-0.39, 0.29) is 0 Å². The molecular formula is C15H23NO3S. The average molecular weight is 297 g/mol. The molecule has 1 aromatic carbocycles. The van der Waals surface area contributed by atoms with E-state index in [0.717, 1.165) is 38.0 Å². The Balaban J connectivity index is 2.03. The summed E-state index contributed by atoms with van der Waals surface area (Å²) in [6.45, 7) is 2.93. The van der Waals surface area contributed by atoms with E-state index in [1.807, 2.05) is 6.07 Å². The van der Waals surface area contributed by atoms with Gasteiger partial charge in [0.15, 0.2) is 9.84 Å². The lowest BCUT2D eigenvalue weighted by molar-refractivity contribution is 0.00597. The van der Waals surface area contributed by atoms with Crippen LogP contribution in [0.4, 0.5) is 5.69 Å². The van der Waals surface area contributed by atoms with Crippen LogP contribution in [-0.4, -0.2) is 33.4 Å². The van der Waals surface area contributed by atoms with Crippen LogP contribution in [0.1, 0.15) is 32.6 Å². The summed E-state index contributed by atoms with van der Waals surface area (Å²) in [4.78, 5) is 0.361. The van der Waals surface area contributed by atoms with Crippen molar-refractivity contribution in [2.45, 2.75) is 49.6 Å². The van der Waals surface area contributed by atoms with Crippen molar-refractivity contribution in [3.63, 3.8) is 0 Å². The van der Waals surface area contributed by atoms with E-state index in [0.29, 0.717) is 17.0 Å². The number of anilines is 1. The molecule has 1 aliphatic heterocycles. The highest BCUT2D eigenvalue weighted by atomic mass is 32.2. The Bertz CT molecular complexity index is 540. The number of hydrogen-bond donors (Lipinski definition) is 1. The molecule has 0 saturated carbocycles. The van der Waals surface area contributed by atoms with Crippen molar-refractivity contribution in [3.05, 3.63) is 24.3 Å². The molecule has 1 heterocycles. The molecule has 1 aliphatic rings. The molecule has 20 heavy (non-hydrogen) atoms. The number of benzene rings is 1. The minimum Gasteiger partial charge on any atom is -0.382 e. The molecule has 1 N–H and O–H groups in total. The van der Waals surface area contributed by atoms with Crippen molar-refractivity contribution in [1.82, 2.24) is 0 Å². The van der Waals surface area contributed by atoms with Gasteiger partial charge < -0.3 is 10.1 Å². The maximum atomic E-state index is 11.6. The topological polar surface area (TPSA) is 55.4 Å². The third-order valence-corrected chi connectivity index (χ3v) is 4.72. The highest BCUT2D eigenvalue weighted by molar-refractivity contribution is 7.90. The van der Waals surface area contributed by atoms with Gasteiger partial charge in [0, 0.05) is 24.6 Å².